The minimum Gasteiger partial charge on any atom is -0.491 e. The van der Waals surface area contributed by atoms with Crippen LogP contribution in [-0.2, 0) is 9.53 Å². The molecule has 0 bridgehead atoms. The molecule has 152 valence electrons. The lowest BCUT2D eigenvalue weighted by atomic mass is 10.1. The number of halogens is 3. The second-order valence-electron chi connectivity index (χ2n) is 5.68. The zero-order valence-corrected chi connectivity index (χ0v) is 16.2. The van der Waals surface area contributed by atoms with E-state index in [4.69, 9.17) is 25.8 Å². The molecule has 29 heavy (non-hydrogen) atoms. The van der Waals surface area contributed by atoms with Gasteiger partial charge in [-0.3, -0.25) is 0 Å². The first kappa shape index (κ1) is 20.6. The number of esters is 1. The number of benzene rings is 2. The Morgan fingerprint density at radius 1 is 1.24 bits per heavy atom. The van der Waals surface area contributed by atoms with Gasteiger partial charge in [0.15, 0.2) is 17.2 Å². The first-order chi connectivity index (χ1) is 13.9. The maximum Gasteiger partial charge on any atom is 0.387 e. The minimum absolute atomic E-state index is 0.0319. The smallest absolute Gasteiger partial charge is 0.387 e. The van der Waals surface area contributed by atoms with Gasteiger partial charge >= 0.3 is 12.6 Å². The molecule has 0 aliphatic carbocycles. The molecule has 0 radical (unpaired) electrons. The number of hydrogen-bond acceptors (Lipinski definition) is 6. The van der Waals surface area contributed by atoms with Crippen LogP contribution in [0.3, 0.4) is 0 Å². The van der Waals surface area contributed by atoms with Gasteiger partial charge in [0.05, 0.1) is 24.3 Å². The normalized spacial score (nSPS) is 14.8. The summed E-state index contributed by atoms with van der Waals surface area (Å²) in [5, 5.41) is 0.288. The van der Waals surface area contributed by atoms with Crippen molar-refractivity contribution >= 4 is 29.5 Å². The topological polar surface area (TPSA) is 66.3 Å². The maximum atomic E-state index is 12.6. The lowest BCUT2D eigenvalue weighted by Gasteiger charge is -2.11. The Morgan fingerprint density at radius 3 is 2.69 bits per heavy atom. The van der Waals surface area contributed by atoms with Crippen LogP contribution in [0.2, 0.25) is 5.02 Å². The van der Waals surface area contributed by atoms with Crippen molar-refractivity contribution in [2.45, 2.75) is 13.5 Å². The van der Waals surface area contributed by atoms with Gasteiger partial charge in [-0.1, -0.05) is 23.7 Å². The summed E-state index contributed by atoms with van der Waals surface area (Å²) in [6, 6.07) is 9.11. The number of carbonyl (C=O) groups is 1. The highest BCUT2D eigenvalue weighted by Crippen LogP contribution is 2.37. The van der Waals surface area contributed by atoms with Crippen molar-refractivity contribution in [2.24, 2.45) is 4.99 Å². The molecule has 2 aromatic rings. The minimum atomic E-state index is -3.03. The second kappa shape index (κ2) is 8.91. The number of ether oxygens (including phenoxy) is 4. The summed E-state index contributed by atoms with van der Waals surface area (Å²) in [5.74, 6) is -0.257. The summed E-state index contributed by atoms with van der Waals surface area (Å²) in [7, 11) is 1.46. The number of para-hydroxylation sites is 1. The van der Waals surface area contributed by atoms with Crippen molar-refractivity contribution in [3.05, 3.63) is 58.2 Å². The molecule has 0 fully saturated rings. The van der Waals surface area contributed by atoms with E-state index >= 15 is 0 Å². The number of methoxy groups -OCH3 is 1. The van der Waals surface area contributed by atoms with Crippen molar-refractivity contribution in [3.63, 3.8) is 0 Å². The molecule has 1 aliphatic heterocycles. The molecule has 0 aromatic heterocycles. The van der Waals surface area contributed by atoms with Crippen LogP contribution in [0.25, 0.3) is 6.08 Å². The van der Waals surface area contributed by atoms with Crippen LogP contribution in [-0.4, -0.2) is 32.2 Å². The Kier molecular flexibility index (Phi) is 6.33. The predicted octanol–water partition coefficient (Wildman–Crippen LogP) is 4.69. The lowest BCUT2D eigenvalue weighted by molar-refractivity contribution is -0.129. The summed E-state index contributed by atoms with van der Waals surface area (Å²) in [5.41, 5.74) is 0.621. The first-order valence-corrected chi connectivity index (χ1v) is 8.87. The molecule has 0 saturated heterocycles. The molecule has 6 nitrogen and oxygen atoms in total. The van der Waals surface area contributed by atoms with Crippen molar-refractivity contribution in [1.29, 1.82) is 0 Å². The highest BCUT2D eigenvalue weighted by Gasteiger charge is 2.27. The summed E-state index contributed by atoms with van der Waals surface area (Å²) in [4.78, 5) is 16.3. The van der Waals surface area contributed by atoms with E-state index in [1.165, 1.54) is 31.4 Å². The molecule has 9 heteroatoms. The number of aliphatic imine (C=N–C) groups is 1. The summed E-state index contributed by atoms with van der Waals surface area (Å²) in [6.07, 6.45) is 1.44. The van der Waals surface area contributed by atoms with E-state index in [0.717, 1.165) is 0 Å². The molecule has 2 aromatic carbocycles. The van der Waals surface area contributed by atoms with Gasteiger partial charge in [-0.25, -0.2) is 9.79 Å². The van der Waals surface area contributed by atoms with Crippen molar-refractivity contribution in [3.8, 4) is 17.2 Å². The molecule has 0 unspecified atom stereocenters. The highest BCUT2D eigenvalue weighted by molar-refractivity contribution is 6.32. The van der Waals surface area contributed by atoms with E-state index in [-0.39, 0.29) is 27.9 Å². The SMILES string of the molecule is CCOc1cc(/C=C2/N=C(c3ccccc3OC(F)F)OC2=O)cc(Cl)c1OC. The van der Waals surface area contributed by atoms with E-state index in [2.05, 4.69) is 9.73 Å². The summed E-state index contributed by atoms with van der Waals surface area (Å²) in [6.45, 7) is -0.831. The molecule has 0 N–H and O–H groups in total. The van der Waals surface area contributed by atoms with E-state index in [0.29, 0.717) is 23.7 Å². The summed E-state index contributed by atoms with van der Waals surface area (Å²) >= 11 is 6.21. The fourth-order valence-electron chi connectivity index (χ4n) is 2.66. The standard InChI is InChI=1S/C20H16ClF2NO5/c1-3-27-16-10-11(8-13(21)17(16)26-2)9-14-19(25)29-18(24-14)12-6-4-5-7-15(12)28-20(22)23/h4-10,20H,3H2,1-2H3/b14-9+. The quantitative estimate of drug-likeness (QED) is 0.477. The van der Waals surface area contributed by atoms with Crippen LogP contribution in [0.4, 0.5) is 8.78 Å². The predicted molar refractivity (Wildman–Crippen MR) is 103 cm³/mol. The van der Waals surface area contributed by atoms with Crippen LogP contribution in [0.1, 0.15) is 18.1 Å². The monoisotopic (exact) mass is 423 g/mol. The van der Waals surface area contributed by atoms with Crippen LogP contribution < -0.4 is 14.2 Å². The fraction of sp³-hybridized carbons (Fsp3) is 0.200. The average Bonchev–Trinajstić information content (AvgIpc) is 3.02. The molecule has 3 rings (SSSR count). The Morgan fingerprint density at radius 2 is 2.00 bits per heavy atom. The van der Waals surface area contributed by atoms with Gasteiger partial charge in [-0.15, -0.1) is 0 Å². The van der Waals surface area contributed by atoms with E-state index in [1.54, 1.807) is 18.2 Å². The number of nitrogens with zero attached hydrogens (tertiary/aromatic N) is 1. The van der Waals surface area contributed by atoms with Crippen LogP contribution in [0, 0.1) is 0 Å². The van der Waals surface area contributed by atoms with Crippen molar-refractivity contribution in [2.75, 3.05) is 13.7 Å². The van der Waals surface area contributed by atoms with E-state index in [9.17, 15) is 13.6 Å². The third-order valence-electron chi connectivity index (χ3n) is 3.79. The zero-order chi connectivity index (χ0) is 21.0. The van der Waals surface area contributed by atoms with E-state index in [1.807, 2.05) is 6.92 Å². The molecule has 0 saturated carbocycles. The maximum absolute atomic E-state index is 12.6. The number of carbonyl (C=O) groups excluding carboxylic acids is 1. The Hall–Kier alpha value is -3.13. The number of cyclic esters (lactones) is 1. The second-order valence-corrected chi connectivity index (χ2v) is 6.09. The largest absolute Gasteiger partial charge is 0.491 e. The third kappa shape index (κ3) is 4.65. The lowest BCUT2D eigenvalue weighted by Crippen LogP contribution is -2.10. The van der Waals surface area contributed by atoms with Crippen LogP contribution >= 0.6 is 11.6 Å². The highest BCUT2D eigenvalue weighted by atomic mass is 35.5. The Bertz CT molecular complexity index is 991. The van der Waals surface area contributed by atoms with Crippen molar-refractivity contribution in [1.82, 2.24) is 0 Å². The van der Waals surface area contributed by atoms with Crippen molar-refractivity contribution < 1.29 is 32.5 Å². The van der Waals surface area contributed by atoms with Gasteiger partial charge < -0.3 is 18.9 Å². The zero-order valence-electron chi connectivity index (χ0n) is 15.4. The van der Waals surface area contributed by atoms with Gasteiger partial charge in [0, 0.05) is 0 Å². The average molecular weight is 424 g/mol. The van der Waals surface area contributed by atoms with Gasteiger partial charge in [-0.2, -0.15) is 8.78 Å². The molecule has 1 aliphatic rings. The molecule has 1 heterocycles. The van der Waals surface area contributed by atoms with Gasteiger partial charge in [0.25, 0.3) is 0 Å². The number of hydrogen-bond donors (Lipinski definition) is 0. The Balaban J connectivity index is 1.98. The van der Waals surface area contributed by atoms with Gasteiger partial charge in [0.2, 0.25) is 5.90 Å². The van der Waals surface area contributed by atoms with Crippen LogP contribution in [0.15, 0.2) is 47.1 Å². The van der Waals surface area contributed by atoms with Crippen LogP contribution in [0.5, 0.6) is 17.2 Å². The molecule has 0 atom stereocenters. The fourth-order valence-corrected chi connectivity index (χ4v) is 2.95. The van der Waals surface area contributed by atoms with Gasteiger partial charge in [0.1, 0.15) is 5.75 Å². The third-order valence-corrected chi connectivity index (χ3v) is 4.07. The number of rotatable bonds is 7. The number of alkyl halides is 2. The molecule has 0 spiro atoms. The molecular weight excluding hydrogens is 408 g/mol. The summed E-state index contributed by atoms with van der Waals surface area (Å²) < 4.78 is 45.5. The molecule has 0 amide bonds. The Labute approximate surface area is 170 Å². The van der Waals surface area contributed by atoms with E-state index < -0.39 is 12.6 Å². The molecular formula is C20H16ClF2NO5. The first-order valence-electron chi connectivity index (χ1n) is 8.50. The van der Waals surface area contributed by atoms with Gasteiger partial charge in [-0.05, 0) is 42.8 Å².